The fourth-order valence-electron chi connectivity index (χ4n) is 3.76. The minimum Gasteiger partial charge on any atom is -0.382 e. The Morgan fingerprint density at radius 2 is 2.05 bits per heavy atom. The molecular formula is C15H23ClN4O. The van der Waals surface area contributed by atoms with Gasteiger partial charge in [0.25, 0.3) is 5.56 Å². The van der Waals surface area contributed by atoms with Crippen molar-refractivity contribution in [1.82, 2.24) is 14.7 Å². The van der Waals surface area contributed by atoms with E-state index >= 15 is 0 Å². The van der Waals surface area contributed by atoms with Crippen LogP contribution in [0.3, 0.4) is 0 Å². The van der Waals surface area contributed by atoms with Gasteiger partial charge in [-0.3, -0.25) is 4.79 Å². The van der Waals surface area contributed by atoms with Crippen molar-refractivity contribution in [1.29, 1.82) is 0 Å². The highest BCUT2D eigenvalue weighted by Gasteiger charge is 2.38. The van der Waals surface area contributed by atoms with Crippen LogP contribution >= 0.6 is 11.6 Å². The highest BCUT2D eigenvalue weighted by atomic mass is 35.5. The number of anilines is 1. The lowest BCUT2D eigenvalue weighted by atomic mass is 9.91. The molecule has 0 amide bonds. The number of hydrogen-bond acceptors (Lipinski definition) is 4. The lowest BCUT2D eigenvalue weighted by molar-refractivity contribution is 0.139. The first-order chi connectivity index (χ1) is 10.1. The number of piperidine rings is 1. The molecule has 6 heteroatoms. The maximum absolute atomic E-state index is 12.0. The molecule has 3 heterocycles. The van der Waals surface area contributed by atoms with Crippen molar-refractivity contribution in [3.8, 4) is 0 Å². The van der Waals surface area contributed by atoms with Gasteiger partial charge in [-0.25, -0.2) is 4.68 Å². The fraction of sp³-hybridized carbons (Fsp3) is 0.733. The number of fused-ring (bicyclic) bond motifs is 2. The lowest BCUT2D eigenvalue weighted by Gasteiger charge is -2.36. The number of nitrogens with one attached hydrogen (secondary N) is 1. The fourth-order valence-corrected chi connectivity index (χ4v) is 3.97. The summed E-state index contributed by atoms with van der Waals surface area (Å²) in [5.41, 5.74) is 0.449. The molecule has 2 aliphatic rings. The number of nitrogens with zero attached hydrogens (tertiary/aromatic N) is 3. The van der Waals surface area contributed by atoms with Crippen LogP contribution in [0.4, 0.5) is 5.69 Å². The second kappa shape index (κ2) is 5.97. The van der Waals surface area contributed by atoms with E-state index in [1.165, 1.54) is 30.4 Å². The quantitative estimate of drug-likeness (QED) is 0.926. The number of hydrogen-bond donors (Lipinski definition) is 1. The van der Waals surface area contributed by atoms with E-state index in [0.29, 0.717) is 18.2 Å². The third-order valence-electron chi connectivity index (χ3n) is 5.06. The average Bonchev–Trinajstić information content (AvgIpc) is 2.71. The molecular weight excluding hydrogens is 288 g/mol. The van der Waals surface area contributed by atoms with Gasteiger partial charge >= 0.3 is 0 Å². The maximum atomic E-state index is 12.0. The molecule has 0 spiro atoms. The van der Waals surface area contributed by atoms with Crippen molar-refractivity contribution in [2.45, 2.75) is 51.2 Å². The van der Waals surface area contributed by atoms with Crippen molar-refractivity contribution in [3.63, 3.8) is 0 Å². The van der Waals surface area contributed by atoms with E-state index < -0.39 is 0 Å². The topological polar surface area (TPSA) is 50.2 Å². The Morgan fingerprint density at radius 3 is 2.67 bits per heavy atom. The summed E-state index contributed by atoms with van der Waals surface area (Å²) in [4.78, 5) is 14.5. The van der Waals surface area contributed by atoms with E-state index in [9.17, 15) is 4.79 Å². The third-order valence-corrected chi connectivity index (χ3v) is 5.43. The molecule has 21 heavy (non-hydrogen) atoms. The van der Waals surface area contributed by atoms with Crippen molar-refractivity contribution < 1.29 is 0 Å². The zero-order chi connectivity index (χ0) is 15.0. The van der Waals surface area contributed by atoms with Crippen LogP contribution in [0.5, 0.6) is 0 Å². The lowest BCUT2D eigenvalue weighted by Crippen LogP contribution is -2.41. The molecule has 2 atom stereocenters. The Balaban J connectivity index is 1.64. The van der Waals surface area contributed by atoms with Crippen LogP contribution < -0.4 is 10.9 Å². The Labute approximate surface area is 130 Å². The molecule has 2 aliphatic heterocycles. The monoisotopic (exact) mass is 310 g/mol. The van der Waals surface area contributed by atoms with Gasteiger partial charge in [0.1, 0.15) is 5.02 Å². The number of rotatable bonds is 4. The van der Waals surface area contributed by atoms with Crippen LogP contribution in [0.2, 0.25) is 5.02 Å². The second-order valence-corrected chi connectivity index (χ2v) is 6.64. The molecule has 1 N–H and O–H groups in total. The molecule has 2 fully saturated rings. The van der Waals surface area contributed by atoms with Gasteiger partial charge in [0.2, 0.25) is 0 Å². The zero-order valence-electron chi connectivity index (χ0n) is 12.7. The van der Waals surface area contributed by atoms with Gasteiger partial charge in [-0.2, -0.15) is 5.10 Å². The summed E-state index contributed by atoms with van der Waals surface area (Å²) in [5, 5.41) is 7.71. The Morgan fingerprint density at radius 1 is 1.38 bits per heavy atom. The summed E-state index contributed by atoms with van der Waals surface area (Å²) in [7, 11) is 2.25. The van der Waals surface area contributed by atoms with Crippen LogP contribution in [0.15, 0.2) is 11.0 Å². The predicted molar refractivity (Wildman–Crippen MR) is 85.0 cm³/mol. The molecule has 116 valence electrons. The first-order valence-corrected chi connectivity index (χ1v) is 8.19. The molecule has 0 aromatic carbocycles. The van der Waals surface area contributed by atoms with Gasteiger partial charge in [0, 0.05) is 25.2 Å². The smallest absolute Gasteiger partial charge is 0.287 e. The summed E-state index contributed by atoms with van der Waals surface area (Å²) in [5.74, 6) is 0.656. The normalized spacial score (nSPS) is 28.8. The maximum Gasteiger partial charge on any atom is 0.287 e. The molecule has 2 saturated heterocycles. The van der Waals surface area contributed by atoms with E-state index in [4.69, 9.17) is 11.6 Å². The van der Waals surface area contributed by atoms with Crippen LogP contribution in [0.25, 0.3) is 0 Å². The van der Waals surface area contributed by atoms with E-state index in [1.54, 1.807) is 6.20 Å². The van der Waals surface area contributed by atoms with Crippen molar-refractivity contribution in [2.75, 3.05) is 18.9 Å². The SMILES string of the molecule is CCn1ncc(NCC2CC3CCC(C2)N3C)c(Cl)c1=O. The van der Waals surface area contributed by atoms with Crippen LogP contribution in [0, 0.1) is 5.92 Å². The molecule has 0 aliphatic carbocycles. The third kappa shape index (κ3) is 2.81. The first kappa shape index (κ1) is 14.9. The number of halogens is 1. The van der Waals surface area contributed by atoms with Gasteiger partial charge in [0.05, 0.1) is 11.9 Å². The predicted octanol–water partition coefficient (Wildman–Crippen LogP) is 2.20. The minimum atomic E-state index is -0.215. The van der Waals surface area contributed by atoms with Crippen molar-refractivity contribution >= 4 is 17.3 Å². The van der Waals surface area contributed by atoms with Crippen LogP contribution in [-0.4, -0.2) is 40.4 Å². The second-order valence-electron chi connectivity index (χ2n) is 6.26. The highest BCUT2D eigenvalue weighted by molar-refractivity contribution is 6.32. The van der Waals surface area contributed by atoms with Crippen molar-refractivity contribution in [3.05, 3.63) is 21.6 Å². The molecule has 3 rings (SSSR count). The highest BCUT2D eigenvalue weighted by Crippen LogP contribution is 2.37. The summed E-state index contributed by atoms with van der Waals surface area (Å²) in [6, 6.07) is 1.47. The molecule has 5 nitrogen and oxygen atoms in total. The largest absolute Gasteiger partial charge is 0.382 e. The Bertz CT molecular complexity index is 559. The van der Waals surface area contributed by atoms with Gasteiger partial charge in [0.15, 0.2) is 0 Å². The molecule has 0 saturated carbocycles. The average molecular weight is 311 g/mol. The zero-order valence-corrected chi connectivity index (χ0v) is 13.4. The van der Waals surface area contributed by atoms with Gasteiger partial charge in [-0.05, 0) is 45.6 Å². The van der Waals surface area contributed by atoms with E-state index in [-0.39, 0.29) is 10.6 Å². The van der Waals surface area contributed by atoms with Crippen molar-refractivity contribution in [2.24, 2.45) is 5.92 Å². The summed E-state index contributed by atoms with van der Waals surface area (Å²) >= 11 is 6.14. The molecule has 1 aromatic rings. The van der Waals surface area contributed by atoms with Crippen LogP contribution in [0.1, 0.15) is 32.6 Å². The van der Waals surface area contributed by atoms with E-state index in [1.807, 2.05) is 6.92 Å². The standard InChI is InChI=1S/C15H23ClN4O/c1-3-20-15(21)14(16)13(9-18-20)17-8-10-6-11-4-5-12(7-10)19(11)2/h9-12,17H,3-8H2,1-2H3. The van der Waals surface area contributed by atoms with E-state index in [2.05, 4.69) is 22.4 Å². The summed E-state index contributed by atoms with van der Waals surface area (Å²) in [6.45, 7) is 3.29. The van der Waals surface area contributed by atoms with E-state index in [0.717, 1.165) is 18.6 Å². The van der Waals surface area contributed by atoms with Gasteiger partial charge < -0.3 is 10.2 Å². The molecule has 1 aromatic heterocycles. The van der Waals surface area contributed by atoms with Crippen LogP contribution in [-0.2, 0) is 6.54 Å². The molecule has 2 unspecified atom stereocenters. The summed E-state index contributed by atoms with van der Waals surface area (Å²) in [6.07, 6.45) is 6.78. The molecule has 0 radical (unpaired) electrons. The van der Waals surface area contributed by atoms with Gasteiger partial charge in [-0.1, -0.05) is 11.6 Å². The Kier molecular flexibility index (Phi) is 4.22. The number of aryl methyl sites for hydroxylation is 1. The number of aromatic nitrogens is 2. The van der Waals surface area contributed by atoms with Gasteiger partial charge in [-0.15, -0.1) is 0 Å². The Hall–Kier alpha value is -1.07. The summed E-state index contributed by atoms with van der Waals surface area (Å²) < 4.78 is 1.38. The molecule has 2 bridgehead atoms. The minimum absolute atomic E-state index is 0.215. The first-order valence-electron chi connectivity index (χ1n) is 7.81.